The van der Waals surface area contributed by atoms with Crippen molar-refractivity contribution in [2.75, 3.05) is 19.0 Å². The Morgan fingerprint density at radius 1 is 1.08 bits per heavy atom. The molecule has 0 aliphatic carbocycles. The molecule has 1 aliphatic rings. The van der Waals surface area contributed by atoms with Crippen LogP contribution in [0, 0.1) is 5.82 Å². The Kier molecular flexibility index (Phi) is 7.92. The van der Waals surface area contributed by atoms with Gasteiger partial charge in [0.1, 0.15) is 30.5 Å². The number of para-hydroxylation sites is 2. The number of thioether (sulfide) groups is 1. The topological polar surface area (TPSA) is 84.9 Å². The van der Waals surface area contributed by atoms with Gasteiger partial charge in [-0.3, -0.25) is 19.3 Å². The molecule has 7 nitrogen and oxygen atoms in total. The monoisotopic (exact) mass is 526 g/mol. The highest BCUT2D eigenvalue weighted by molar-refractivity contribution is 8.18. The minimum absolute atomic E-state index is 0.0410. The molecule has 4 rings (SSSR count). The van der Waals surface area contributed by atoms with E-state index in [9.17, 15) is 18.8 Å². The van der Waals surface area contributed by atoms with Crippen molar-refractivity contribution in [2.45, 2.75) is 6.61 Å². The molecule has 3 aromatic carbocycles. The van der Waals surface area contributed by atoms with Gasteiger partial charge in [0.2, 0.25) is 5.91 Å². The highest BCUT2D eigenvalue weighted by atomic mass is 35.5. The number of nitrogens with one attached hydrogen (secondary N) is 1. The number of anilines is 1. The number of amides is 3. The zero-order valence-electron chi connectivity index (χ0n) is 19.0. The lowest BCUT2D eigenvalue weighted by molar-refractivity contribution is -0.127. The third kappa shape index (κ3) is 5.87. The fraction of sp³-hybridized carbons (Fsp3) is 0.115. The van der Waals surface area contributed by atoms with Crippen LogP contribution in [0.3, 0.4) is 0 Å². The van der Waals surface area contributed by atoms with E-state index in [2.05, 4.69) is 5.32 Å². The van der Waals surface area contributed by atoms with Gasteiger partial charge in [0.25, 0.3) is 11.1 Å². The lowest BCUT2D eigenvalue weighted by Gasteiger charge is -2.14. The molecule has 0 unspecified atom stereocenters. The van der Waals surface area contributed by atoms with Crippen LogP contribution in [0.1, 0.15) is 11.1 Å². The molecule has 0 radical (unpaired) electrons. The maximum atomic E-state index is 13.9. The van der Waals surface area contributed by atoms with Crippen LogP contribution >= 0.6 is 23.4 Å². The Bertz CT molecular complexity index is 1330. The molecule has 1 saturated heterocycles. The minimum Gasteiger partial charge on any atom is -0.495 e. The Balaban J connectivity index is 1.38. The van der Waals surface area contributed by atoms with Crippen molar-refractivity contribution in [2.24, 2.45) is 0 Å². The molecular weight excluding hydrogens is 507 g/mol. The van der Waals surface area contributed by atoms with Gasteiger partial charge in [-0.05, 0) is 59.8 Å². The number of hydrogen-bond donors (Lipinski definition) is 1. The molecule has 1 fully saturated rings. The number of imide groups is 1. The SMILES string of the molecule is COc1ccccc1NC(=O)CN1C(=O)S/C(=C\c2ccc(OCc3c(F)cccc3Cl)cc2)C1=O. The molecule has 3 aromatic rings. The molecule has 36 heavy (non-hydrogen) atoms. The summed E-state index contributed by atoms with van der Waals surface area (Å²) in [4.78, 5) is 38.7. The molecule has 0 spiro atoms. The van der Waals surface area contributed by atoms with Gasteiger partial charge in [-0.1, -0.05) is 41.9 Å². The minimum atomic E-state index is -0.560. The normalized spacial score (nSPS) is 14.3. The van der Waals surface area contributed by atoms with Gasteiger partial charge in [-0.2, -0.15) is 0 Å². The van der Waals surface area contributed by atoms with E-state index in [0.717, 1.165) is 16.7 Å². The summed E-state index contributed by atoms with van der Waals surface area (Å²) in [6, 6.07) is 17.9. The lowest BCUT2D eigenvalue weighted by Crippen LogP contribution is -2.36. The molecule has 3 amide bonds. The Labute approximate surface area is 215 Å². The van der Waals surface area contributed by atoms with Crippen LogP contribution < -0.4 is 14.8 Å². The van der Waals surface area contributed by atoms with Crippen LogP contribution in [0.5, 0.6) is 11.5 Å². The maximum absolute atomic E-state index is 13.9. The standard InChI is InChI=1S/C26H20ClFN2O5S/c1-34-22-8-3-2-7-21(22)29-24(31)14-30-25(32)23(36-26(30)33)13-16-9-11-17(12-10-16)35-15-18-19(27)5-4-6-20(18)28/h2-13H,14-15H2,1H3,(H,29,31)/b23-13-. The quantitative estimate of drug-likeness (QED) is 0.377. The first-order valence-corrected chi connectivity index (χ1v) is 11.9. The van der Waals surface area contributed by atoms with E-state index in [1.165, 1.54) is 19.2 Å². The summed E-state index contributed by atoms with van der Waals surface area (Å²) in [6.45, 7) is -0.466. The van der Waals surface area contributed by atoms with Gasteiger partial charge in [0.05, 0.1) is 22.7 Å². The van der Waals surface area contributed by atoms with Crippen LogP contribution in [0.15, 0.2) is 71.6 Å². The highest BCUT2D eigenvalue weighted by Gasteiger charge is 2.36. The van der Waals surface area contributed by atoms with E-state index in [4.69, 9.17) is 21.1 Å². The van der Waals surface area contributed by atoms with Gasteiger partial charge in [0.15, 0.2) is 0 Å². The lowest BCUT2D eigenvalue weighted by atomic mass is 10.2. The van der Waals surface area contributed by atoms with Gasteiger partial charge in [-0.15, -0.1) is 0 Å². The molecule has 1 N–H and O–H groups in total. The average molecular weight is 527 g/mol. The number of hydrogen-bond acceptors (Lipinski definition) is 6. The summed E-state index contributed by atoms with van der Waals surface area (Å²) >= 11 is 6.77. The largest absolute Gasteiger partial charge is 0.495 e. The van der Waals surface area contributed by atoms with Gasteiger partial charge in [-0.25, -0.2) is 4.39 Å². The molecule has 0 saturated carbocycles. The van der Waals surface area contributed by atoms with Crippen molar-refractivity contribution in [3.05, 3.63) is 93.6 Å². The molecule has 10 heteroatoms. The first kappa shape index (κ1) is 25.3. The van der Waals surface area contributed by atoms with Crippen LogP contribution in [0.2, 0.25) is 5.02 Å². The van der Waals surface area contributed by atoms with Crippen molar-refractivity contribution in [1.82, 2.24) is 4.90 Å². The zero-order chi connectivity index (χ0) is 25.7. The number of methoxy groups -OCH3 is 1. The predicted molar refractivity (Wildman–Crippen MR) is 136 cm³/mol. The number of benzene rings is 3. The van der Waals surface area contributed by atoms with Gasteiger partial charge < -0.3 is 14.8 Å². The van der Waals surface area contributed by atoms with Crippen LogP contribution in [0.4, 0.5) is 14.9 Å². The molecule has 0 atom stereocenters. The summed E-state index contributed by atoms with van der Waals surface area (Å²) in [5.74, 6) is -0.600. The Morgan fingerprint density at radius 3 is 2.56 bits per heavy atom. The summed E-state index contributed by atoms with van der Waals surface area (Å²) < 4.78 is 24.7. The van der Waals surface area contributed by atoms with Gasteiger partial charge in [0, 0.05) is 5.56 Å². The van der Waals surface area contributed by atoms with E-state index >= 15 is 0 Å². The number of halogens is 2. The molecule has 1 aliphatic heterocycles. The van der Waals surface area contributed by atoms with Crippen LogP contribution in [-0.4, -0.2) is 35.6 Å². The average Bonchev–Trinajstić information content (AvgIpc) is 3.12. The molecule has 1 heterocycles. The molecule has 0 aromatic heterocycles. The predicted octanol–water partition coefficient (Wildman–Crippen LogP) is 5.74. The third-order valence-electron chi connectivity index (χ3n) is 5.18. The van der Waals surface area contributed by atoms with Crippen molar-refractivity contribution in [3.8, 4) is 11.5 Å². The Morgan fingerprint density at radius 2 is 1.83 bits per heavy atom. The number of rotatable bonds is 8. The van der Waals surface area contributed by atoms with E-state index in [1.54, 1.807) is 60.7 Å². The van der Waals surface area contributed by atoms with E-state index in [-0.39, 0.29) is 22.1 Å². The van der Waals surface area contributed by atoms with Gasteiger partial charge >= 0.3 is 0 Å². The summed E-state index contributed by atoms with van der Waals surface area (Å²) in [5.41, 5.74) is 1.34. The van der Waals surface area contributed by atoms with Crippen LogP contribution in [0.25, 0.3) is 6.08 Å². The first-order chi connectivity index (χ1) is 17.4. The number of nitrogens with zero attached hydrogens (tertiary/aromatic N) is 1. The third-order valence-corrected chi connectivity index (χ3v) is 6.44. The zero-order valence-corrected chi connectivity index (χ0v) is 20.6. The first-order valence-electron chi connectivity index (χ1n) is 10.7. The maximum Gasteiger partial charge on any atom is 0.294 e. The fourth-order valence-electron chi connectivity index (χ4n) is 3.35. The van der Waals surface area contributed by atoms with E-state index < -0.39 is 29.4 Å². The van der Waals surface area contributed by atoms with E-state index in [1.807, 2.05) is 0 Å². The van der Waals surface area contributed by atoms with Crippen molar-refractivity contribution in [1.29, 1.82) is 0 Å². The number of carbonyl (C=O) groups excluding carboxylic acids is 3. The van der Waals surface area contributed by atoms with Crippen molar-refractivity contribution < 1.29 is 28.2 Å². The van der Waals surface area contributed by atoms with Crippen LogP contribution in [-0.2, 0) is 16.2 Å². The summed E-state index contributed by atoms with van der Waals surface area (Å²) in [5, 5.41) is 2.38. The molecular formula is C26H20ClFN2O5S. The number of ether oxygens (including phenoxy) is 2. The molecule has 184 valence electrons. The van der Waals surface area contributed by atoms with Crippen molar-refractivity contribution in [3.63, 3.8) is 0 Å². The second kappa shape index (κ2) is 11.3. The smallest absolute Gasteiger partial charge is 0.294 e. The second-order valence-corrected chi connectivity index (χ2v) is 8.97. The van der Waals surface area contributed by atoms with Crippen molar-refractivity contribution >= 4 is 52.2 Å². The number of carbonyl (C=O) groups is 3. The second-order valence-electron chi connectivity index (χ2n) is 7.57. The summed E-state index contributed by atoms with van der Waals surface area (Å²) in [6.07, 6.45) is 1.56. The van der Waals surface area contributed by atoms with E-state index in [0.29, 0.717) is 22.7 Å². The summed E-state index contributed by atoms with van der Waals surface area (Å²) in [7, 11) is 1.48. The fourth-order valence-corrected chi connectivity index (χ4v) is 4.41. The Hall–Kier alpha value is -3.82. The highest BCUT2D eigenvalue weighted by Crippen LogP contribution is 2.33. The molecule has 0 bridgehead atoms.